The number of nitrogens with two attached hydrogens (primary N) is 1. The lowest BCUT2D eigenvalue weighted by Gasteiger charge is -2.23. The fourth-order valence-corrected chi connectivity index (χ4v) is 2.60. The van der Waals surface area contributed by atoms with Crippen molar-refractivity contribution >= 4 is 17.4 Å². The van der Waals surface area contributed by atoms with Crippen LogP contribution in [0.3, 0.4) is 0 Å². The second-order valence-corrected chi connectivity index (χ2v) is 5.87. The number of anilines is 2. The summed E-state index contributed by atoms with van der Waals surface area (Å²) in [6, 6.07) is 11.5. The lowest BCUT2D eigenvalue weighted by molar-refractivity contribution is -0.137. The van der Waals surface area contributed by atoms with Gasteiger partial charge in [-0.1, -0.05) is 0 Å². The fraction of sp³-hybridized carbons (Fsp3) is 0.100. The number of hydrogen-bond acceptors (Lipinski definition) is 4. The summed E-state index contributed by atoms with van der Waals surface area (Å²) in [5.74, 6) is 0.965. The van der Waals surface area contributed by atoms with E-state index in [9.17, 15) is 18.0 Å². The largest absolute Gasteiger partial charge is 0.497 e. The van der Waals surface area contributed by atoms with Crippen LogP contribution in [0.25, 0.3) is 0 Å². The van der Waals surface area contributed by atoms with Gasteiger partial charge in [-0.2, -0.15) is 13.2 Å². The molecule has 150 valence electrons. The van der Waals surface area contributed by atoms with E-state index < -0.39 is 17.8 Å². The van der Waals surface area contributed by atoms with Gasteiger partial charge in [0.1, 0.15) is 17.2 Å². The number of ether oxygens (including phenoxy) is 2. The minimum absolute atomic E-state index is 0.0567. The van der Waals surface area contributed by atoms with Crippen molar-refractivity contribution in [3.05, 3.63) is 72.6 Å². The molecule has 3 aromatic rings. The molecule has 0 spiro atoms. The van der Waals surface area contributed by atoms with E-state index in [1.54, 1.807) is 36.7 Å². The summed E-state index contributed by atoms with van der Waals surface area (Å²) in [7, 11) is 1.24. The van der Waals surface area contributed by atoms with Crippen LogP contribution in [0.2, 0.25) is 0 Å². The normalized spacial score (nSPS) is 11.0. The van der Waals surface area contributed by atoms with Gasteiger partial charge in [0.25, 0.3) is 0 Å². The van der Waals surface area contributed by atoms with Gasteiger partial charge in [0.15, 0.2) is 0 Å². The predicted molar refractivity (Wildman–Crippen MR) is 100 cm³/mol. The molecule has 29 heavy (non-hydrogen) atoms. The van der Waals surface area contributed by atoms with Crippen LogP contribution >= 0.6 is 0 Å². The Morgan fingerprint density at radius 3 is 2.10 bits per heavy atom. The maximum atomic E-state index is 13.2. The molecule has 0 aliphatic carbocycles. The molecule has 0 fully saturated rings. The van der Waals surface area contributed by atoms with Crippen LogP contribution in [0.15, 0.2) is 67.0 Å². The van der Waals surface area contributed by atoms with Gasteiger partial charge in [0, 0.05) is 18.5 Å². The predicted octanol–water partition coefficient (Wildman–Crippen LogP) is 5.12. The highest BCUT2D eigenvalue weighted by atomic mass is 19.4. The highest BCUT2D eigenvalue weighted by Crippen LogP contribution is 2.37. The van der Waals surface area contributed by atoms with Crippen molar-refractivity contribution in [2.24, 2.45) is 5.73 Å². The minimum atomic E-state index is -4.62. The van der Waals surface area contributed by atoms with E-state index in [1.807, 2.05) is 0 Å². The molecule has 2 N–H and O–H groups in total. The first-order valence-electron chi connectivity index (χ1n) is 8.32. The molecule has 0 saturated carbocycles. The number of primary amides is 1. The van der Waals surface area contributed by atoms with E-state index in [2.05, 4.69) is 4.98 Å². The van der Waals surface area contributed by atoms with Crippen LogP contribution < -0.4 is 20.1 Å². The highest BCUT2D eigenvalue weighted by Gasteiger charge is 2.32. The average Bonchev–Trinajstić information content (AvgIpc) is 2.69. The van der Waals surface area contributed by atoms with E-state index in [1.165, 1.54) is 25.3 Å². The van der Waals surface area contributed by atoms with Gasteiger partial charge in [-0.05, 0) is 48.5 Å². The molecule has 2 amide bonds. The number of carbonyl (C=O) groups excluding carboxylic acids is 1. The molecule has 3 rings (SSSR count). The quantitative estimate of drug-likeness (QED) is 0.642. The number of alkyl halides is 3. The number of halogens is 3. The molecule has 0 atom stereocenters. The molecule has 0 aliphatic rings. The maximum absolute atomic E-state index is 13.2. The number of nitrogens with zero attached hydrogens (tertiary/aromatic N) is 2. The second kappa shape index (κ2) is 8.09. The number of carbonyl (C=O) groups is 1. The summed E-state index contributed by atoms with van der Waals surface area (Å²) in [4.78, 5) is 16.9. The zero-order valence-electron chi connectivity index (χ0n) is 15.2. The monoisotopic (exact) mass is 403 g/mol. The number of amides is 2. The van der Waals surface area contributed by atoms with Crippen LogP contribution in [-0.4, -0.2) is 18.1 Å². The highest BCUT2D eigenvalue weighted by molar-refractivity contribution is 5.98. The SMILES string of the molecule is COc1cc(N(C(N)=O)c2ccc(Oc3ccncc3)cc2)cc(C(F)(F)F)c1. The summed E-state index contributed by atoms with van der Waals surface area (Å²) >= 11 is 0. The number of urea groups is 1. The van der Waals surface area contributed by atoms with Gasteiger partial charge in [-0.3, -0.25) is 9.88 Å². The third-order valence-corrected chi connectivity index (χ3v) is 3.91. The first-order valence-corrected chi connectivity index (χ1v) is 8.32. The van der Waals surface area contributed by atoms with E-state index in [0.717, 1.165) is 17.0 Å². The van der Waals surface area contributed by atoms with Crippen LogP contribution in [-0.2, 0) is 6.18 Å². The first-order chi connectivity index (χ1) is 13.8. The van der Waals surface area contributed by atoms with Crippen molar-refractivity contribution in [1.29, 1.82) is 0 Å². The zero-order valence-corrected chi connectivity index (χ0v) is 15.2. The van der Waals surface area contributed by atoms with Crippen molar-refractivity contribution in [1.82, 2.24) is 4.98 Å². The standard InChI is InChI=1S/C20H16F3N3O3/c1-28-18-11-13(20(21,22)23)10-15(12-18)26(19(24)27)14-2-4-16(5-3-14)29-17-6-8-25-9-7-17/h2-12H,1H3,(H2,24,27). The van der Waals surface area contributed by atoms with Crippen molar-refractivity contribution in [3.8, 4) is 17.2 Å². The molecule has 2 aromatic carbocycles. The van der Waals surface area contributed by atoms with Crippen molar-refractivity contribution in [2.45, 2.75) is 6.18 Å². The third kappa shape index (κ3) is 4.75. The van der Waals surface area contributed by atoms with Gasteiger partial charge in [0.2, 0.25) is 0 Å². The molecule has 0 saturated heterocycles. The topological polar surface area (TPSA) is 77.7 Å². The molecular formula is C20H16F3N3O3. The Kier molecular flexibility index (Phi) is 5.58. The molecule has 0 radical (unpaired) electrons. The Balaban J connectivity index is 1.95. The third-order valence-electron chi connectivity index (χ3n) is 3.91. The Morgan fingerprint density at radius 2 is 1.55 bits per heavy atom. The Morgan fingerprint density at radius 1 is 0.931 bits per heavy atom. The number of rotatable bonds is 5. The average molecular weight is 403 g/mol. The molecule has 6 nitrogen and oxygen atoms in total. The molecule has 9 heteroatoms. The number of aromatic nitrogens is 1. The number of hydrogen-bond donors (Lipinski definition) is 1. The van der Waals surface area contributed by atoms with Crippen molar-refractivity contribution in [3.63, 3.8) is 0 Å². The van der Waals surface area contributed by atoms with E-state index in [-0.39, 0.29) is 17.1 Å². The van der Waals surface area contributed by atoms with Crippen LogP contribution in [0, 0.1) is 0 Å². The summed E-state index contributed by atoms with van der Waals surface area (Å²) in [5.41, 5.74) is 4.67. The number of benzene rings is 2. The Bertz CT molecular complexity index is 993. The second-order valence-electron chi connectivity index (χ2n) is 5.87. The van der Waals surface area contributed by atoms with E-state index >= 15 is 0 Å². The summed E-state index contributed by atoms with van der Waals surface area (Å²) < 4.78 is 50.2. The van der Waals surface area contributed by atoms with Gasteiger partial charge in [0.05, 0.1) is 24.0 Å². The molecule has 0 aliphatic heterocycles. The lowest BCUT2D eigenvalue weighted by atomic mass is 10.1. The smallest absolute Gasteiger partial charge is 0.416 e. The van der Waals surface area contributed by atoms with Gasteiger partial charge < -0.3 is 15.2 Å². The van der Waals surface area contributed by atoms with E-state index in [0.29, 0.717) is 11.5 Å². The van der Waals surface area contributed by atoms with Gasteiger partial charge >= 0.3 is 12.2 Å². The summed E-state index contributed by atoms with van der Waals surface area (Å²) in [6.07, 6.45) is -1.48. The molecular weight excluding hydrogens is 387 g/mol. The number of methoxy groups -OCH3 is 1. The Hall–Kier alpha value is -3.75. The maximum Gasteiger partial charge on any atom is 0.416 e. The molecule has 0 unspecified atom stereocenters. The lowest BCUT2D eigenvalue weighted by Crippen LogP contribution is -2.31. The van der Waals surface area contributed by atoms with Crippen molar-refractivity contribution < 1.29 is 27.4 Å². The van der Waals surface area contributed by atoms with Crippen molar-refractivity contribution in [2.75, 3.05) is 12.0 Å². The molecule has 1 heterocycles. The van der Waals surface area contributed by atoms with Gasteiger partial charge in [-0.15, -0.1) is 0 Å². The zero-order chi connectivity index (χ0) is 21.0. The van der Waals surface area contributed by atoms with Crippen LogP contribution in [0.1, 0.15) is 5.56 Å². The van der Waals surface area contributed by atoms with Crippen LogP contribution in [0.4, 0.5) is 29.3 Å². The van der Waals surface area contributed by atoms with Gasteiger partial charge in [-0.25, -0.2) is 4.79 Å². The summed E-state index contributed by atoms with van der Waals surface area (Å²) in [5, 5.41) is 0. The summed E-state index contributed by atoms with van der Waals surface area (Å²) in [6.45, 7) is 0. The molecule has 0 bridgehead atoms. The van der Waals surface area contributed by atoms with E-state index in [4.69, 9.17) is 15.2 Å². The first kappa shape index (κ1) is 20.0. The molecule has 1 aromatic heterocycles. The fourth-order valence-electron chi connectivity index (χ4n) is 2.60. The Labute approximate surface area is 164 Å². The van der Waals surface area contributed by atoms with Crippen LogP contribution in [0.5, 0.6) is 17.2 Å². The number of pyridine rings is 1. The minimum Gasteiger partial charge on any atom is -0.497 e.